The molecule has 4 nitrogen and oxygen atoms in total. The van der Waals surface area contributed by atoms with Gasteiger partial charge in [-0.3, -0.25) is 9.05 Å². The van der Waals surface area contributed by atoms with Crippen molar-refractivity contribution in [2.24, 2.45) is 0 Å². The van der Waals surface area contributed by atoms with Crippen molar-refractivity contribution in [3.63, 3.8) is 0 Å². The van der Waals surface area contributed by atoms with E-state index in [4.69, 9.17) is 9.42 Å². The predicted molar refractivity (Wildman–Crippen MR) is 35.6 cm³/mol. The maximum atomic E-state index is 10.7. The summed E-state index contributed by atoms with van der Waals surface area (Å²) in [6, 6.07) is 0. The zero-order valence-corrected chi connectivity index (χ0v) is 6.71. The predicted octanol–water partition coefficient (Wildman–Crippen LogP) is 1.30. The average Bonchev–Trinajstić information content (AvgIpc) is 1.80. The molecular formula is C5H11O4P. The Bertz CT molecular complexity index is 154. The maximum absolute atomic E-state index is 10.7. The monoisotopic (exact) mass is 166 g/mol. The Morgan fingerprint density at radius 2 is 2.20 bits per heavy atom. The van der Waals surface area contributed by atoms with E-state index in [-0.39, 0.29) is 6.10 Å². The molecule has 0 aromatic heterocycles. The van der Waals surface area contributed by atoms with Crippen LogP contribution in [0.5, 0.6) is 0 Å². The number of hydrogen-bond donors (Lipinski definition) is 1. The first kappa shape index (κ1) is 8.21. The van der Waals surface area contributed by atoms with E-state index in [1.165, 1.54) is 7.11 Å². The number of phosphoric ester groups is 1. The highest BCUT2D eigenvalue weighted by molar-refractivity contribution is 7.47. The minimum atomic E-state index is -3.69. The number of hydrogen-bond acceptors (Lipinski definition) is 3. The van der Waals surface area contributed by atoms with Crippen molar-refractivity contribution in [3.05, 3.63) is 0 Å². The van der Waals surface area contributed by atoms with Crippen LogP contribution in [0.15, 0.2) is 0 Å². The summed E-state index contributed by atoms with van der Waals surface area (Å²) in [6.45, 7) is 0. The smallest absolute Gasteiger partial charge is 0.302 e. The highest BCUT2D eigenvalue weighted by Gasteiger charge is 2.28. The molecular weight excluding hydrogens is 155 g/mol. The van der Waals surface area contributed by atoms with E-state index in [0.717, 1.165) is 19.3 Å². The first-order chi connectivity index (χ1) is 4.64. The Morgan fingerprint density at radius 3 is 2.50 bits per heavy atom. The van der Waals surface area contributed by atoms with E-state index in [0.29, 0.717) is 0 Å². The van der Waals surface area contributed by atoms with Gasteiger partial charge >= 0.3 is 7.82 Å². The quantitative estimate of drug-likeness (QED) is 0.642. The molecule has 0 heterocycles. The SMILES string of the molecule is COP(=O)(O)OC1CCC1. The molecule has 1 aliphatic rings. The molecule has 1 fully saturated rings. The minimum Gasteiger partial charge on any atom is -0.302 e. The van der Waals surface area contributed by atoms with Crippen LogP contribution in [0.1, 0.15) is 19.3 Å². The molecule has 1 saturated carbocycles. The van der Waals surface area contributed by atoms with Crippen LogP contribution in [-0.4, -0.2) is 18.1 Å². The summed E-state index contributed by atoms with van der Waals surface area (Å²) in [5, 5.41) is 0. The van der Waals surface area contributed by atoms with E-state index < -0.39 is 7.82 Å². The van der Waals surface area contributed by atoms with Gasteiger partial charge in [-0.05, 0) is 19.3 Å². The Morgan fingerprint density at radius 1 is 1.60 bits per heavy atom. The summed E-state index contributed by atoms with van der Waals surface area (Å²) >= 11 is 0. The largest absolute Gasteiger partial charge is 0.472 e. The summed E-state index contributed by atoms with van der Waals surface area (Å²) in [5.74, 6) is 0. The molecule has 1 N–H and O–H groups in total. The van der Waals surface area contributed by atoms with Crippen molar-refractivity contribution in [2.75, 3.05) is 7.11 Å². The summed E-state index contributed by atoms with van der Waals surface area (Å²) in [4.78, 5) is 8.77. The molecule has 5 heteroatoms. The molecule has 1 aliphatic carbocycles. The van der Waals surface area contributed by atoms with Crippen LogP contribution in [-0.2, 0) is 13.6 Å². The van der Waals surface area contributed by atoms with Crippen molar-refractivity contribution < 1.29 is 18.5 Å². The second-order valence-corrected chi connectivity index (χ2v) is 3.82. The van der Waals surface area contributed by atoms with Crippen LogP contribution in [0.3, 0.4) is 0 Å². The molecule has 10 heavy (non-hydrogen) atoms. The Hall–Kier alpha value is 0.110. The van der Waals surface area contributed by atoms with Crippen molar-refractivity contribution >= 4 is 7.82 Å². The molecule has 60 valence electrons. The van der Waals surface area contributed by atoms with Crippen molar-refractivity contribution in [1.82, 2.24) is 0 Å². The van der Waals surface area contributed by atoms with Gasteiger partial charge < -0.3 is 4.89 Å². The summed E-state index contributed by atoms with van der Waals surface area (Å²) < 4.78 is 19.6. The van der Waals surface area contributed by atoms with E-state index in [1.807, 2.05) is 0 Å². The lowest BCUT2D eigenvalue weighted by Crippen LogP contribution is -2.20. The summed E-state index contributed by atoms with van der Waals surface area (Å²) in [7, 11) is -2.53. The molecule has 1 rings (SSSR count). The lowest BCUT2D eigenvalue weighted by molar-refractivity contribution is 0.0694. The highest BCUT2D eigenvalue weighted by atomic mass is 31.2. The molecule has 0 saturated heterocycles. The molecule has 0 bridgehead atoms. The number of phosphoric acid groups is 1. The van der Waals surface area contributed by atoms with Gasteiger partial charge in [-0.1, -0.05) is 0 Å². The Balaban J connectivity index is 2.28. The Labute approximate surface area is 59.8 Å². The third kappa shape index (κ3) is 2.06. The molecule has 1 atom stereocenters. The van der Waals surface area contributed by atoms with Crippen molar-refractivity contribution in [1.29, 1.82) is 0 Å². The molecule has 0 aromatic carbocycles. The number of rotatable bonds is 3. The summed E-state index contributed by atoms with van der Waals surface area (Å²) in [6.07, 6.45) is 2.76. The van der Waals surface area contributed by atoms with E-state index in [2.05, 4.69) is 4.52 Å². The fraction of sp³-hybridized carbons (Fsp3) is 1.00. The summed E-state index contributed by atoms with van der Waals surface area (Å²) in [5.41, 5.74) is 0. The zero-order valence-electron chi connectivity index (χ0n) is 5.82. The van der Waals surface area contributed by atoms with Crippen LogP contribution in [0, 0.1) is 0 Å². The topological polar surface area (TPSA) is 55.8 Å². The van der Waals surface area contributed by atoms with Gasteiger partial charge in [-0.15, -0.1) is 0 Å². The fourth-order valence-electron chi connectivity index (χ4n) is 0.708. The van der Waals surface area contributed by atoms with Gasteiger partial charge in [0.15, 0.2) is 0 Å². The van der Waals surface area contributed by atoms with Gasteiger partial charge in [0.25, 0.3) is 0 Å². The third-order valence-electron chi connectivity index (χ3n) is 1.57. The van der Waals surface area contributed by atoms with Crippen LogP contribution in [0.4, 0.5) is 0 Å². The zero-order chi connectivity index (χ0) is 7.61. The third-order valence-corrected chi connectivity index (χ3v) is 2.59. The first-order valence-corrected chi connectivity index (χ1v) is 4.70. The Kier molecular flexibility index (Phi) is 2.47. The van der Waals surface area contributed by atoms with Gasteiger partial charge in [-0.2, -0.15) is 0 Å². The van der Waals surface area contributed by atoms with Crippen molar-refractivity contribution in [3.8, 4) is 0 Å². The normalized spacial score (nSPS) is 25.4. The van der Waals surface area contributed by atoms with Gasteiger partial charge in [0.1, 0.15) is 0 Å². The fourth-order valence-corrected chi connectivity index (χ4v) is 1.38. The van der Waals surface area contributed by atoms with Crippen LogP contribution in [0.2, 0.25) is 0 Å². The lowest BCUT2D eigenvalue weighted by atomic mass is 9.97. The van der Waals surface area contributed by atoms with Gasteiger partial charge in [0, 0.05) is 7.11 Å². The first-order valence-electron chi connectivity index (χ1n) is 3.21. The maximum Gasteiger partial charge on any atom is 0.472 e. The molecule has 0 spiro atoms. The van der Waals surface area contributed by atoms with E-state index in [9.17, 15) is 4.57 Å². The van der Waals surface area contributed by atoms with E-state index >= 15 is 0 Å². The second kappa shape index (κ2) is 3.01. The van der Waals surface area contributed by atoms with Gasteiger partial charge in [0.05, 0.1) is 6.10 Å². The van der Waals surface area contributed by atoms with Crippen LogP contribution < -0.4 is 0 Å². The average molecular weight is 166 g/mol. The van der Waals surface area contributed by atoms with Crippen LogP contribution in [0.25, 0.3) is 0 Å². The minimum absolute atomic E-state index is 0.0595. The highest BCUT2D eigenvalue weighted by Crippen LogP contribution is 2.46. The molecule has 0 amide bonds. The molecule has 0 aromatic rings. The van der Waals surface area contributed by atoms with Gasteiger partial charge in [-0.25, -0.2) is 4.57 Å². The van der Waals surface area contributed by atoms with E-state index in [1.54, 1.807) is 0 Å². The van der Waals surface area contributed by atoms with Crippen LogP contribution >= 0.6 is 7.82 Å². The van der Waals surface area contributed by atoms with Gasteiger partial charge in [0.2, 0.25) is 0 Å². The molecule has 0 aliphatic heterocycles. The molecule has 0 radical (unpaired) electrons. The van der Waals surface area contributed by atoms with Crippen molar-refractivity contribution in [2.45, 2.75) is 25.4 Å². The standard InChI is InChI=1S/C5H11O4P/c1-8-10(6,7)9-5-3-2-4-5/h5H,2-4H2,1H3,(H,6,7). The second-order valence-electron chi connectivity index (χ2n) is 2.31. The molecule has 1 unspecified atom stereocenters. The lowest BCUT2D eigenvalue weighted by Gasteiger charge is -2.26.